The van der Waals surface area contributed by atoms with Crippen LogP contribution in [0.1, 0.15) is 33.6 Å². The van der Waals surface area contributed by atoms with Gasteiger partial charge in [0.2, 0.25) is 17.7 Å². The van der Waals surface area contributed by atoms with E-state index < -0.39 is 0 Å². The highest BCUT2D eigenvalue weighted by molar-refractivity contribution is 6.00. The van der Waals surface area contributed by atoms with Gasteiger partial charge in [-0.05, 0) is 37.6 Å². The molecule has 1 saturated heterocycles. The largest absolute Gasteiger partial charge is 0.353 e. The Bertz CT molecular complexity index is 598. The maximum Gasteiger partial charge on any atom is 0.227 e. The Morgan fingerprint density at radius 1 is 1.30 bits per heavy atom. The van der Waals surface area contributed by atoms with E-state index in [1.807, 2.05) is 13.8 Å². The average molecular weight is 317 g/mol. The zero-order valence-corrected chi connectivity index (χ0v) is 13.8. The van der Waals surface area contributed by atoms with E-state index in [-0.39, 0.29) is 36.1 Å². The van der Waals surface area contributed by atoms with Gasteiger partial charge in [-0.2, -0.15) is 0 Å². The zero-order valence-electron chi connectivity index (χ0n) is 13.8. The Labute approximate surface area is 136 Å². The Hall–Kier alpha value is -2.37. The highest BCUT2D eigenvalue weighted by atomic mass is 16.2. The molecule has 0 aromatic heterocycles. The van der Waals surface area contributed by atoms with Gasteiger partial charge in [0, 0.05) is 37.3 Å². The van der Waals surface area contributed by atoms with Gasteiger partial charge < -0.3 is 15.5 Å². The second-order valence-electron chi connectivity index (χ2n) is 5.95. The molecule has 124 valence electrons. The zero-order chi connectivity index (χ0) is 17.0. The first-order valence-corrected chi connectivity index (χ1v) is 7.89. The summed E-state index contributed by atoms with van der Waals surface area (Å²) >= 11 is 0. The number of hydrogen-bond acceptors (Lipinski definition) is 3. The summed E-state index contributed by atoms with van der Waals surface area (Å²) in [5, 5.41) is 5.61. The van der Waals surface area contributed by atoms with Crippen molar-refractivity contribution in [2.75, 3.05) is 16.8 Å². The van der Waals surface area contributed by atoms with Crippen molar-refractivity contribution in [1.82, 2.24) is 5.32 Å². The van der Waals surface area contributed by atoms with Crippen molar-refractivity contribution >= 4 is 29.1 Å². The molecule has 1 aliphatic heterocycles. The lowest BCUT2D eigenvalue weighted by atomic mass is 10.1. The number of nitrogens with one attached hydrogen (secondary N) is 2. The van der Waals surface area contributed by atoms with Gasteiger partial charge in [-0.15, -0.1) is 0 Å². The first-order chi connectivity index (χ1) is 10.9. The topological polar surface area (TPSA) is 78.5 Å². The van der Waals surface area contributed by atoms with Crippen molar-refractivity contribution in [3.63, 3.8) is 0 Å². The predicted molar refractivity (Wildman–Crippen MR) is 89.1 cm³/mol. The molecule has 2 N–H and O–H groups in total. The van der Waals surface area contributed by atoms with Crippen LogP contribution < -0.4 is 15.5 Å². The molecule has 1 aliphatic rings. The second-order valence-corrected chi connectivity index (χ2v) is 5.95. The molecule has 1 heterocycles. The molecule has 23 heavy (non-hydrogen) atoms. The monoisotopic (exact) mass is 317 g/mol. The summed E-state index contributed by atoms with van der Waals surface area (Å²) in [7, 11) is 0. The van der Waals surface area contributed by atoms with Crippen LogP contribution in [0.3, 0.4) is 0 Å². The van der Waals surface area contributed by atoms with Crippen LogP contribution in [0.2, 0.25) is 0 Å². The maximum atomic E-state index is 12.2. The van der Waals surface area contributed by atoms with Gasteiger partial charge in [0.05, 0.1) is 5.92 Å². The first-order valence-electron chi connectivity index (χ1n) is 7.89. The molecular weight excluding hydrogens is 294 g/mol. The standard InChI is InChI=1S/C17H23N3O3/c1-4-11(2)18-17(23)13-9-16(22)20(10-13)15-7-5-14(6-8-15)19-12(3)21/h5-8,11,13H,4,9-10H2,1-3H3,(H,18,23)(H,19,21)/t11-,13-/m0/s1. The fraction of sp³-hybridized carbons (Fsp3) is 0.471. The van der Waals surface area contributed by atoms with Crippen LogP contribution in [0.5, 0.6) is 0 Å². The molecule has 0 saturated carbocycles. The number of carbonyl (C=O) groups is 3. The van der Waals surface area contributed by atoms with Gasteiger partial charge >= 0.3 is 0 Å². The molecule has 0 spiro atoms. The molecule has 1 aromatic rings. The van der Waals surface area contributed by atoms with Crippen LogP contribution in [0.25, 0.3) is 0 Å². The van der Waals surface area contributed by atoms with Gasteiger partial charge in [-0.25, -0.2) is 0 Å². The van der Waals surface area contributed by atoms with E-state index in [1.165, 1.54) is 6.92 Å². The van der Waals surface area contributed by atoms with Gasteiger partial charge in [0.15, 0.2) is 0 Å². The molecule has 1 aromatic carbocycles. The Morgan fingerprint density at radius 2 is 1.96 bits per heavy atom. The van der Waals surface area contributed by atoms with Crippen molar-refractivity contribution in [3.05, 3.63) is 24.3 Å². The number of benzene rings is 1. The SMILES string of the molecule is CC[C@H](C)NC(=O)[C@H]1CC(=O)N(c2ccc(NC(C)=O)cc2)C1. The van der Waals surface area contributed by atoms with Gasteiger partial charge in [-0.3, -0.25) is 14.4 Å². The highest BCUT2D eigenvalue weighted by Crippen LogP contribution is 2.26. The average Bonchev–Trinajstić information content (AvgIpc) is 2.89. The molecule has 0 unspecified atom stereocenters. The summed E-state index contributed by atoms with van der Waals surface area (Å²) in [5.41, 5.74) is 1.42. The van der Waals surface area contributed by atoms with E-state index in [0.717, 1.165) is 12.1 Å². The molecule has 6 nitrogen and oxygen atoms in total. The third-order valence-electron chi connectivity index (χ3n) is 4.00. The third kappa shape index (κ3) is 4.31. The van der Waals surface area contributed by atoms with Crippen LogP contribution in [-0.4, -0.2) is 30.3 Å². The lowest BCUT2D eigenvalue weighted by Crippen LogP contribution is -2.38. The Kier molecular flexibility index (Phi) is 5.36. The van der Waals surface area contributed by atoms with Crippen LogP contribution >= 0.6 is 0 Å². The summed E-state index contributed by atoms with van der Waals surface area (Å²) in [5.74, 6) is -0.574. The van der Waals surface area contributed by atoms with Crippen molar-refractivity contribution in [2.45, 2.75) is 39.7 Å². The number of carbonyl (C=O) groups excluding carboxylic acids is 3. The summed E-state index contributed by atoms with van der Waals surface area (Å²) in [4.78, 5) is 37.0. The molecule has 2 rings (SSSR count). The summed E-state index contributed by atoms with van der Waals surface area (Å²) in [6.45, 7) is 5.79. The van der Waals surface area contributed by atoms with Crippen molar-refractivity contribution < 1.29 is 14.4 Å². The molecule has 3 amide bonds. The lowest BCUT2D eigenvalue weighted by Gasteiger charge is -2.18. The molecule has 0 bridgehead atoms. The van der Waals surface area contributed by atoms with E-state index in [4.69, 9.17) is 0 Å². The van der Waals surface area contributed by atoms with Crippen molar-refractivity contribution in [2.24, 2.45) is 5.92 Å². The molecule has 6 heteroatoms. The fourth-order valence-electron chi connectivity index (χ4n) is 2.52. The predicted octanol–water partition coefficient (Wildman–Crippen LogP) is 1.91. The third-order valence-corrected chi connectivity index (χ3v) is 4.00. The van der Waals surface area contributed by atoms with E-state index in [0.29, 0.717) is 12.2 Å². The van der Waals surface area contributed by atoms with E-state index in [1.54, 1.807) is 29.2 Å². The second kappa shape index (κ2) is 7.26. The normalized spacial score (nSPS) is 18.7. The Balaban J connectivity index is 2.02. The van der Waals surface area contributed by atoms with Crippen molar-refractivity contribution in [1.29, 1.82) is 0 Å². The van der Waals surface area contributed by atoms with E-state index >= 15 is 0 Å². The number of hydrogen-bond donors (Lipinski definition) is 2. The minimum atomic E-state index is -0.313. The molecule has 0 radical (unpaired) electrons. The fourth-order valence-corrected chi connectivity index (χ4v) is 2.52. The van der Waals surface area contributed by atoms with Crippen molar-refractivity contribution in [3.8, 4) is 0 Å². The van der Waals surface area contributed by atoms with E-state index in [2.05, 4.69) is 10.6 Å². The number of nitrogens with zero attached hydrogens (tertiary/aromatic N) is 1. The maximum absolute atomic E-state index is 12.2. The van der Waals surface area contributed by atoms with Crippen LogP contribution in [-0.2, 0) is 14.4 Å². The number of rotatable bonds is 5. The highest BCUT2D eigenvalue weighted by Gasteiger charge is 2.35. The number of anilines is 2. The van der Waals surface area contributed by atoms with Gasteiger partial charge in [0.1, 0.15) is 0 Å². The van der Waals surface area contributed by atoms with Crippen LogP contribution in [0, 0.1) is 5.92 Å². The van der Waals surface area contributed by atoms with Gasteiger partial charge in [-0.1, -0.05) is 6.92 Å². The molecule has 2 atom stereocenters. The first kappa shape index (κ1) is 17.0. The van der Waals surface area contributed by atoms with Crippen LogP contribution in [0.4, 0.5) is 11.4 Å². The number of amides is 3. The van der Waals surface area contributed by atoms with Crippen LogP contribution in [0.15, 0.2) is 24.3 Å². The smallest absolute Gasteiger partial charge is 0.227 e. The summed E-state index contributed by atoms with van der Waals surface area (Å²) in [6.07, 6.45) is 1.09. The van der Waals surface area contributed by atoms with E-state index in [9.17, 15) is 14.4 Å². The summed E-state index contributed by atoms with van der Waals surface area (Å²) in [6, 6.07) is 7.16. The summed E-state index contributed by atoms with van der Waals surface area (Å²) < 4.78 is 0. The molecular formula is C17H23N3O3. The lowest BCUT2D eigenvalue weighted by molar-refractivity contribution is -0.126. The van der Waals surface area contributed by atoms with Gasteiger partial charge in [0.25, 0.3) is 0 Å². The molecule has 0 aliphatic carbocycles. The minimum absolute atomic E-state index is 0.0541. The Morgan fingerprint density at radius 3 is 2.52 bits per heavy atom. The quantitative estimate of drug-likeness (QED) is 0.871. The minimum Gasteiger partial charge on any atom is -0.353 e. The molecule has 1 fully saturated rings.